The molecule has 0 aliphatic heterocycles. The van der Waals surface area contributed by atoms with Crippen molar-refractivity contribution < 1.29 is 15.0 Å². The van der Waals surface area contributed by atoms with E-state index in [1.165, 1.54) is 0 Å². The lowest BCUT2D eigenvalue weighted by atomic mass is 10.3. The molecule has 1 amide bonds. The van der Waals surface area contributed by atoms with Crippen LogP contribution >= 0.6 is 0 Å². The van der Waals surface area contributed by atoms with E-state index in [2.05, 4.69) is 5.32 Å². The molecule has 4 heteroatoms. The van der Waals surface area contributed by atoms with E-state index in [-0.39, 0.29) is 0 Å². The molecule has 0 saturated heterocycles. The van der Waals surface area contributed by atoms with Gasteiger partial charge in [-0.3, -0.25) is 0 Å². The summed E-state index contributed by atoms with van der Waals surface area (Å²) in [5.41, 5.74) is 0. The lowest BCUT2D eigenvalue weighted by molar-refractivity contribution is 0.175. The average molecular weight is 133 g/mol. The number of carbonyl (C=O) groups is 1. The molecule has 0 radical (unpaired) electrons. The standard InChI is InChI=1S/C5H11NO3/c1-4(7)2-3-6-5(8)9/h4,6-7H,2-3H2,1H3,(H,8,9)/t4-/m0/s1. The van der Waals surface area contributed by atoms with Gasteiger partial charge in [-0.2, -0.15) is 0 Å². The number of hydrogen-bond acceptors (Lipinski definition) is 2. The van der Waals surface area contributed by atoms with E-state index in [1.807, 2.05) is 0 Å². The van der Waals surface area contributed by atoms with Crippen LogP contribution in [0, 0.1) is 0 Å². The summed E-state index contributed by atoms with van der Waals surface area (Å²) in [4.78, 5) is 9.79. The van der Waals surface area contributed by atoms with Gasteiger partial charge in [0.05, 0.1) is 6.10 Å². The van der Waals surface area contributed by atoms with E-state index in [0.29, 0.717) is 13.0 Å². The predicted octanol–water partition coefficient (Wildman–Crippen LogP) is 0.0249. The van der Waals surface area contributed by atoms with Gasteiger partial charge in [-0.15, -0.1) is 0 Å². The van der Waals surface area contributed by atoms with Crippen molar-refractivity contribution in [3.63, 3.8) is 0 Å². The summed E-state index contributed by atoms with van der Waals surface area (Å²) < 4.78 is 0. The minimum atomic E-state index is -1.05. The van der Waals surface area contributed by atoms with Gasteiger partial charge in [-0.1, -0.05) is 0 Å². The Labute approximate surface area is 53.5 Å². The molecular formula is C5H11NO3. The fraction of sp³-hybridized carbons (Fsp3) is 0.800. The summed E-state index contributed by atoms with van der Waals surface area (Å²) >= 11 is 0. The Hall–Kier alpha value is -0.770. The maximum absolute atomic E-state index is 9.79. The highest BCUT2D eigenvalue weighted by Crippen LogP contribution is 1.84. The number of amides is 1. The maximum Gasteiger partial charge on any atom is 0.404 e. The second-order valence-electron chi connectivity index (χ2n) is 1.87. The van der Waals surface area contributed by atoms with E-state index in [1.54, 1.807) is 6.92 Å². The average Bonchev–Trinajstić information content (AvgIpc) is 1.63. The van der Waals surface area contributed by atoms with Crippen molar-refractivity contribution in [2.24, 2.45) is 0 Å². The van der Waals surface area contributed by atoms with Crippen molar-refractivity contribution in [3.05, 3.63) is 0 Å². The molecule has 9 heavy (non-hydrogen) atoms. The molecule has 0 saturated carbocycles. The first-order valence-corrected chi connectivity index (χ1v) is 2.78. The summed E-state index contributed by atoms with van der Waals surface area (Å²) in [6, 6.07) is 0. The summed E-state index contributed by atoms with van der Waals surface area (Å²) in [5, 5.41) is 18.8. The predicted molar refractivity (Wildman–Crippen MR) is 32.3 cm³/mol. The van der Waals surface area contributed by atoms with Gasteiger partial charge in [-0.25, -0.2) is 4.79 Å². The summed E-state index contributed by atoms with van der Waals surface area (Å²) in [7, 11) is 0. The second-order valence-corrected chi connectivity index (χ2v) is 1.87. The van der Waals surface area contributed by atoms with Gasteiger partial charge in [0.2, 0.25) is 0 Å². The first-order valence-electron chi connectivity index (χ1n) is 2.78. The number of aliphatic hydroxyl groups excluding tert-OH is 1. The van der Waals surface area contributed by atoms with Crippen LogP contribution in [0.4, 0.5) is 4.79 Å². The van der Waals surface area contributed by atoms with E-state index >= 15 is 0 Å². The van der Waals surface area contributed by atoms with Crippen LogP contribution in [0.1, 0.15) is 13.3 Å². The zero-order valence-electron chi connectivity index (χ0n) is 5.29. The smallest absolute Gasteiger partial charge is 0.404 e. The highest BCUT2D eigenvalue weighted by molar-refractivity contribution is 5.64. The largest absolute Gasteiger partial charge is 0.465 e. The molecule has 0 aromatic carbocycles. The van der Waals surface area contributed by atoms with E-state index in [9.17, 15) is 4.79 Å². The number of carboxylic acid groups (broad SMARTS) is 1. The van der Waals surface area contributed by atoms with Crippen LogP contribution in [0.3, 0.4) is 0 Å². The number of nitrogens with one attached hydrogen (secondary N) is 1. The van der Waals surface area contributed by atoms with Crippen molar-refractivity contribution >= 4 is 6.09 Å². The van der Waals surface area contributed by atoms with E-state index < -0.39 is 12.2 Å². The highest BCUT2D eigenvalue weighted by atomic mass is 16.4. The monoisotopic (exact) mass is 133 g/mol. The Morgan fingerprint density at radius 3 is 2.67 bits per heavy atom. The molecule has 1 atom stereocenters. The number of rotatable bonds is 3. The molecule has 0 fully saturated rings. The van der Waals surface area contributed by atoms with Crippen LogP contribution in [0.5, 0.6) is 0 Å². The maximum atomic E-state index is 9.79. The van der Waals surface area contributed by atoms with Gasteiger partial charge in [0.15, 0.2) is 0 Å². The van der Waals surface area contributed by atoms with Gasteiger partial charge in [0.1, 0.15) is 0 Å². The molecular weight excluding hydrogens is 122 g/mol. The topological polar surface area (TPSA) is 69.6 Å². The minimum Gasteiger partial charge on any atom is -0.465 e. The van der Waals surface area contributed by atoms with Crippen LogP contribution in [-0.2, 0) is 0 Å². The van der Waals surface area contributed by atoms with Gasteiger partial charge < -0.3 is 15.5 Å². The number of aliphatic hydroxyl groups is 1. The van der Waals surface area contributed by atoms with E-state index in [0.717, 1.165) is 0 Å². The fourth-order valence-electron chi connectivity index (χ4n) is 0.388. The molecule has 0 unspecified atom stereocenters. The summed E-state index contributed by atoms with van der Waals surface area (Å²) in [5.74, 6) is 0. The lowest BCUT2D eigenvalue weighted by Crippen LogP contribution is -2.24. The Morgan fingerprint density at radius 2 is 2.33 bits per heavy atom. The van der Waals surface area contributed by atoms with Crippen molar-refractivity contribution in [1.29, 1.82) is 0 Å². The molecule has 0 heterocycles. The van der Waals surface area contributed by atoms with Gasteiger partial charge in [0, 0.05) is 6.54 Å². The Balaban J connectivity index is 3.01. The van der Waals surface area contributed by atoms with Gasteiger partial charge in [0.25, 0.3) is 0 Å². The van der Waals surface area contributed by atoms with Crippen molar-refractivity contribution in [3.8, 4) is 0 Å². The van der Waals surface area contributed by atoms with Crippen LogP contribution in [-0.4, -0.2) is 29.0 Å². The molecule has 0 aromatic rings. The van der Waals surface area contributed by atoms with Gasteiger partial charge >= 0.3 is 6.09 Å². The van der Waals surface area contributed by atoms with Crippen molar-refractivity contribution in [1.82, 2.24) is 5.32 Å². The third-order valence-corrected chi connectivity index (χ3v) is 0.838. The zero-order chi connectivity index (χ0) is 7.28. The normalized spacial score (nSPS) is 12.7. The molecule has 0 bridgehead atoms. The van der Waals surface area contributed by atoms with Crippen LogP contribution < -0.4 is 5.32 Å². The molecule has 0 spiro atoms. The zero-order valence-corrected chi connectivity index (χ0v) is 5.29. The SMILES string of the molecule is C[C@H](O)CCNC(=O)O. The Bertz CT molecular complexity index is 92.2. The van der Waals surface area contributed by atoms with Crippen LogP contribution in [0.15, 0.2) is 0 Å². The molecule has 0 aliphatic rings. The quantitative estimate of drug-likeness (QED) is 0.508. The fourth-order valence-corrected chi connectivity index (χ4v) is 0.388. The van der Waals surface area contributed by atoms with E-state index in [4.69, 9.17) is 10.2 Å². The lowest BCUT2D eigenvalue weighted by Gasteiger charge is -2.01. The van der Waals surface area contributed by atoms with Crippen molar-refractivity contribution in [2.75, 3.05) is 6.54 Å². The van der Waals surface area contributed by atoms with Crippen LogP contribution in [0.25, 0.3) is 0 Å². The Morgan fingerprint density at radius 1 is 1.78 bits per heavy atom. The first-order chi connectivity index (χ1) is 4.13. The molecule has 3 N–H and O–H groups in total. The third-order valence-electron chi connectivity index (χ3n) is 0.838. The summed E-state index contributed by atoms with van der Waals surface area (Å²) in [6.45, 7) is 1.93. The van der Waals surface area contributed by atoms with Gasteiger partial charge in [-0.05, 0) is 13.3 Å². The first kappa shape index (κ1) is 8.23. The minimum absolute atomic E-state index is 0.312. The molecule has 0 aromatic heterocycles. The van der Waals surface area contributed by atoms with Crippen molar-refractivity contribution in [2.45, 2.75) is 19.4 Å². The molecule has 0 rings (SSSR count). The molecule has 54 valence electrons. The highest BCUT2D eigenvalue weighted by Gasteiger charge is 1.96. The Kier molecular flexibility index (Phi) is 3.79. The second kappa shape index (κ2) is 4.14. The van der Waals surface area contributed by atoms with Crippen LogP contribution in [0.2, 0.25) is 0 Å². The third kappa shape index (κ3) is 7.23. The number of hydrogen-bond donors (Lipinski definition) is 3. The summed E-state index contributed by atoms with van der Waals surface area (Å²) in [6.07, 6.45) is -1.01. The molecule has 4 nitrogen and oxygen atoms in total. The molecule has 0 aliphatic carbocycles.